The summed E-state index contributed by atoms with van der Waals surface area (Å²) in [5, 5.41) is 11.8. The van der Waals surface area contributed by atoms with E-state index in [2.05, 4.69) is 5.32 Å². The van der Waals surface area contributed by atoms with Gasteiger partial charge in [0.15, 0.2) is 5.82 Å². The molecule has 2 fully saturated rings. The van der Waals surface area contributed by atoms with Gasteiger partial charge in [-0.25, -0.2) is 13.6 Å². The third kappa shape index (κ3) is 2.64. The predicted octanol–water partition coefficient (Wildman–Crippen LogP) is 1.94. The molecule has 4 rings (SSSR count). The number of piperazine rings is 1. The molecule has 0 bridgehead atoms. The molecule has 1 aromatic heterocycles. The van der Waals surface area contributed by atoms with E-state index < -0.39 is 28.6 Å². The van der Waals surface area contributed by atoms with Crippen LogP contribution in [-0.2, 0) is 0 Å². The number of nitrogens with zero attached hydrogens (tertiary/aromatic N) is 2. The Kier molecular flexibility index (Phi) is 4.11. The summed E-state index contributed by atoms with van der Waals surface area (Å²) in [4.78, 5) is 25.4. The van der Waals surface area contributed by atoms with E-state index in [1.54, 1.807) is 4.90 Å². The molecule has 2 unspecified atom stereocenters. The standard InChI is InChI=1S/C17H16ClF2N3O3/c18-10-6-12(10)23-7-9(17(25)26)16(24)8-5-11(19)15(13(20)14(8)23)22-3-1-21-2-4-22/h5,7,10,12,21H,1-4,6H2,(H,25,26). The van der Waals surface area contributed by atoms with E-state index in [0.717, 1.165) is 12.3 Å². The maximum absolute atomic E-state index is 15.4. The highest BCUT2D eigenvalue weighted by molar-refractivity contribution is 6.23. The monoisotopic (exact) mass is 383 g/mol. The number of halogens is 3. The van der Waals surface area contributed by atoms with Crippen LogP contribution in [0.2, 0.25) is 0 Å². The zero-order chi connectivity index (χ0) is 18.6. The first-order valence-corrected chi connectivity index (χ1v) is 8.73. The van der Waals surface area contributed by atoms with Crippen molar-refractivity contribution in [1.82, 2.24) is 9.88 Å². The number of pyridine rings is 1. The van der Waals surface area contributed by atoms with Crippen LogP contribution in [0.15, 0.2) is 17.1 Å². The average molecular weight is 384 g/mol. The predicted molar refractivity (Wildman–Crippen MR) is 93.5 cm³/mol. The van der Waals surface area contributed by atoms with E-state index in [-0.39, 0.29) is 28.0 Å². The highest BCUT2D eigenvalue weighted by Gasteiger charge is 2.39. The number of rotatable bonds is 3. The summed E-state index contributed by atoms with van der Waals surface area (Å²) in [6, 6.07) is 0.612. The van der Waals surface area contributed by atoms with Gasteiger partial charge in [-0.2, -0.15) is 0 Å². The van der Waals surface area contributed by atoms with Crippen LogP contribution in [0.3, 0.4) is 0 Å². The van der Waals surface area contributed by atoms with Crippen molar-refractivity contribution < 1.29 is 18.7 Å². The average Bonchev–Trinajstić information content (AvgIpc) is 3.33. The second-order valence-electron chi connectivity index (χ2n) is 6.56. The SMILES string of the molecule is O=C(O)c1cn(C2CC2Cl)c2c(F)c(N3CCNCC3)c(F)cc2c1=O. The molecule has 2 N–H and O–H groups in total. The molecule has 1 saturated heterocycles. The molecule has 138 valence electrons. The molecule has 0 radical (unpaired) electrons. The molecule has 1 saturated carbocycles. The summed E-state index contributed by atoms with van der Waals surface area (Å²) in [6.07, 6.45) is 1.64. The Morgan fingerprint density at radius 1 is 1.31 bits per heavy atom. The van der Waals surface area contributed by atoms with Gasteiger partial charge in [-0.15, -0.1) is 11.6 Å². The van der Waals surface area contributed by atoms with Crippen molar-refractivity contribution in [1.29, 1.82) is 0 Å². The minimum atomic E-state index is -1.44. The first-order chi connectivity index (χ1) is 12.4. The quantitative estimate of drug-likeness (QED) is 0.792. The third-order valence-electron chi connectivity index (χ3n) is 4.89. The van der Waals surface area contributed by atoms with Gasteiger partial charge in [-0.05, 0) is 12.5 Å². The highest BCUT2D eigenvalue weighted by Crippen LogP contribution is 2.43. The number of nitrogens with one attached hydrogen (secondary N) is 1. The van der Waals surface area contributed by atoms with Crippen LogP contribution in [0.25, 0.3) is 10.9 Å². The van der Waals surface area contributed by atoms with E-state index in [0.29, 0.717) is 32.6 Å². The van der Waals surface area contributed by atoms with Crippen LogP contribution < -0.4 is 15.6 Å². The maximum atomic E-state index is 15.4. The Balaban J connectivity index is 2.02. The van der Waals surface area contributed by atoms with Crippen molar-refractivity contribution in [3.63, 3.8) is 0 Å². The van der Waals surface area contributed by atoms with Crippen molar-refractivity contribution in [2.75, 3.05) is 31.1 Å². The van der Waals surface area contributed by atoms with Gasteiger partial charge in [0.05, 0.1) is 22.3 Å². The smallest absolute Gasteiger partial charge is 0.341 e. The Morgan fingerprint density at radius 3 is 2.54 bits per heavy atom. The van der Waals surface area contributed by atoms with Crippen molar-refractivity contribution in [3.05, 3.63) is 39.7 Å². The molecule has 2 heterocycles. The number of hydrogen-bond donors (Lipinski definition) is 2. The van der Waals surface area contributed by atoms with Crippen molar-refractivity contribution in [2.45, 2.75) is 17.8 Å². The van der Waals surface area contributed by atoms with Crippen molar-refractivity contribution in [2.24, 2.45) is 0 Å². The summed E-state index contributed by atoms with van der Waals surface area (Å²) in [5.41, 5.74) is -1.72. The third-order valence-corrected chi connectivity index (χ3v) is 5.35. The molecule has 26 heavy (non-hydrogen) atoms. The van der Waals surface area contributed by atoms with Crippen LogP contribution in [0, 0.1) is 11.6 Å². The van der Waals surface area contributed by atoms with Crippen molar-refractivity contribution >= 4 is 34.2 Å². The molecule has 0 spiro atoms. The normalized spacial score (nSPS) is 22.7. The molecule has 2 atom stereocenters. The maximum Gasteiger partial charge on any atom is 0.341 e. The Morgan fingerprint density at radius 2 is 1.96 bits per heavy atom. The molecular formula is C17H16ClF2N3O3. The van der Waals surface area contributed by atoms with Gasteiger partial charge in [0.1, 0.15) is 17.1 Å². The fourth-order valence-corrected chi connectivity index (χ4v) is 3.77. The largest absolute Gasteiger partial charge is 0.477 e. The summed E-state index contributed by atoms with van der Waals surface area (Å²) < 4.78 is 31.4. The van der Waals surface area contributed by atoms with Gasteiger partial charge in [0.25, 0.3) is 0 Å². The molecule has 2 aromatic rings. The van der Waals surface area contributed by atoms with Crippen LogP contribution >= 0.6 is 11.6 Å². The number of carbonyl (C=O) groups is 1. The summed E-state index contributed by atoms with van der Waals surface area (Å²) in [6.45, 7) is 2.04. The second-order valence-corrected chi connectivity index (χ2v) is 7.12. The van der Waals surface area contributed by atoms with Gasteiger partial charge in [0, 0.05) is 32.4 Å². The minimum absolute atomic E-state index is 0.0944. The highest BCUT2D eigenvalue weighted by atomic mass is 35.5. The number of fused-ring (bicyclic) bond motifs is 1. The molecule has 9 heteroatoms. The molecule has 2 aliphatic rings. The number of carboxylic acid groups (broad SMARTS) is 1. The van der Waals surface area contributed by atoms with Gasteiger partial charge in [0.2, 0.25) is 5.43 Å². The zero-order valence-electron chi connectivity index (χ0n) is 13.6. The number of aromatic nitrogens is 1. The van der Waals surface area contributed by atoms with E-state index in [4.69, 9.17) is 11.6 Å². The summed E-state index contributed by atoms with van der Waals surface area (Å²) in [5.74, 6) is -3.17. The van der Waals surface area contributed by atoms with Gasteiger partial charge < -0.3 is 19.9 Å². The number of alkyl halides is 1. The van der Waals surface area contributed by atoms with Crippen LogP contribution in [-0.4, -0.2) is 47.2 Å². The summed E-state index contributed by atoms with van der Waals surface area (Å²) >= 11 is 6.07. The van der Waals surface area contributed by atoms with Crippen LogP contribution in [0.5, 0.6) is 0 Å². The topological polar surface area (TPSA) is 74.6 Å². The first kappa shape index (κ1) is 17.2. The number of anilines is 1. The number of benzene rings is 1. The van der Waals surface area contributed by atoms with E-state index in [9.17, 15) is 19.1 Å². The van der Waals surface area contributed by atoms with Crippen molar-refractivity contribution in [3.8, 4) is 0 Å². The Labute approximate surface area is 152 Å². The van der Waals surface area contributed by atoms with Gasteiger partial charge in [-0.3, -0.25) is 4.79 Å². The molecule has 0 amide bonds. The van der Waals surface area contributed by atoms with Gasteiger partial charge >= 0.3 is 5.97 Å². The molecule has 1 aliphatic carbocycles. The van der Waals surface area contributed by atoms with Crippen LogP contribution in [0.1, 0.15) is 22.8 Å². The fraction of sp³-hybridized carbons (Fsp3) is 0.412. The molecule has 6 nitrogen and oxygen atoms in total. The fourth-order valence-electron chi connectivity index (χ4n) is 3.46. The number of aromatic carboxylic acids is 1. The van der Waals surface area contributed by atoms with E-state index in [1.165, 1.54) is 4.57 Å². The molecular weight excluding hydrogens is 368 g/mol. The molecule has 1 aliphatic heterocycles. The lowest BCUT2D eigenvalue weighted by molar-refractivity contribution is 0.0695. The minimum Gasteiger partial charge on any atom is -0.477 e. The summed E-state index contributed by atoms with van der Waals surface area (Å²) in [7, 11) is 0. The number of carboxylic acids is 1. The van der Waals surface area contributed by atoms with Crippen LogP contribution in [0.4, 0.5) is 14.5 Å². The Hall–Kier alpha value is -2.19. The van der Waals surface area contributed by atoms with E-state index >= 15 is 4.39 Å². The lowest BCUT2D eigenvalue weighted by Crippen LogP contribution is -2.44. The lowest BCUT2D eigenvalue weighted by atomic mass is 10.1. The lowest BCUT2D eigenvalue weighted by Gasteiger charge is -2.30. The second kappa shape index (κ2) is 6.21. The zero-order valence-corrected chi connectivity index (χ0v) is 14.4. The number of hydrogen-bond acceptors (Lipinski definition) is 4. The Bertz CT molecular complexity index is 972. The van der Waals surface area contributed by atoms with E-state index in [1.807, 2.05) is 0 Å². The van der Waals surface area contributed by atoms with Gasteiger partial charge in [-0.1, -0.05) is 0 Å². The molecule has 1 aromatic carbocycles. The first-order valence-electron chi connectivity index (χ1n) is 8.30.